The zero-order valence-corrected chi connectivity index (χ0v) is 25.7. The van der Waals surface area contributed by atoms with Gasteiger partial charge in [-0.2, -0.15) is 0 Å². The Morgan fingerprint density at radius 3 is 2.20 bits per heavy atom. The highest BCUT2D eigenvalue weighted by atomic mass is 16.5. The number of pyridine rings is 1. The highest BCUT2D eigenvalue weighted by Gasteiger charge is 2.23. The third kappa shape index (κ3) is 6.46. The minimum absolute atomic E-state index is 0.157. The number of amides is 2. The van der Waals surface area contributed by atoms with Crippen LogP contribution in [0.4, 0.5) is 16.2 Å². The maximum Gasteiger partial charge on any atom is 0.323 e. The fraction of sp³-hybridized carbons (Fsp3) is 0.278. The second-order valence-corrected chi connectivity index (χ2v) is 12.2. The molecular weight excluding hydrogens is 548 g/mol. The monoisotopic (exact) mass is 586 g/mol. The number of anilines is 2. The van der Waals surface area contributed by atoms with Crippen LogP contribution in [0.2, 0.25) is 0 Å². The first-order chi connectivity index (χ1) is 21.3. The van der Waals surface area contributed by atoms with Crippen molar-refractivity contribution in [3.63, 3.8) is 0 Å². The van der Waals surface area contributed by atoms with Crippen molar-refractivity contribution in [1.29, 1.82) is 0 Å². The van der Waals surface area contributed by atoms with Gasteiger partial charge in [0.1, 0.15) is 5.82 Å². The summed E-state index contributed by atoms with van der Waals surface area (Å²) in [5.41, 5.74) is 7.29. The molecule has 0 unspecified atom stereocenters. The van der Waals surface area contributed by atoms with Crippen LogP contribution >= 0.6 is 0 Å². The van der Waals surface area contributed by atoms with Crippen LogP contribution < -0.4 is 10.6 Å². The molecule has 0 atom stereocenters. The number of nitrogens with zero attached hydrogens (tertiary/aromatic N) is 4. The molecule has 224 valence electrons. The normalized spacial score (nSPS) is 14.0. The molecule has 0 saturated carbocycles. The van der Waals surface area contributed by atoms with Crippen LogP contribution in [0, 0.1) is 6.92 Å². The molecule has 8 nitrogen and oxygen atoms in total. The first kappa shape index (κ1) is 29.4. The standard InChI is InChI=1S/C36H38N6O2/c1-24-37-21-26(22-38-24)34-31(36(2,3)4)10-7-11-33(34)41-35(43)40-32-15-14-28(29-8-5-6-9-30(29)32)25-12-13-27(39-20-25)23-42-16-18-44-19-17-42/h5-15,20-22H,16-19,23H2,1-4H3,(H2,40,41,43). The Hall–Kier alpha value is -4.66. The number of carbonyl (C=O) groups is 1. The Balaban J connectivity index is 1.26. The Morgan fingerprint density at radius 2 is 1.50 bits per heavy atom. The van der Waals surface area contributed by atoms with E-state index in [-0.39, 0.29) is 11.4 Å². The van der Waals surface area contributed by atoms with Crippen LogP contribution in [-0.2, 0) is 16.7 Å². The summed E-state index contributed by atoms with van der Waals surface area (Å²) >= 11 is 0. The van der Waals surface area contributed by atoms with Crippen molar-refractivity contribution in [2.24, 2.45) is 0 Å². The van der Waals surface area contributed by atoms with Crippen LogP contribution in [0.25, 0.3) is 33.0 Å². The molecule has 1 aliphatic rings. The van der Waals surface area contributed by atoms with Crippen molar-refractivity contribution in [2.45, 2.75) is 39.7 Å². The summed E-state index contributed by atoms with van der Waals surface area (Å²) in [4.78, 5) is 29.5. The van der Waals surface area contributed by atoms with E-state index < -0.39 is 0 Å². The first-order valence-electron chi connectivity index (χ1n) is 15.0. The highest BCUT2D eigenvalue weighted by Crippen LogP contribution is 2.38. The molecule has 2 aromatic heterocycles. The lowest BCUT2D eigenvalue weighted by Crippen LogP contribution is -2.35. The fourth-order valence-corrected chi connectivity index (χ4v) is 5.72. The van der Waals surface area contributed by atoms with E-state index in [9.17, 15) is 4.79 Å². The summed E-state index contributed by atoms with van der Waals surface area (Å²) in [6.07, 6.45) is 5.56. The number of aromatic nitrogens is 3. The summed E-state index contributed by atoms with van der Waals surface area (Å²) in [5.74, 6) is 0.698. The van der Waals surface area contributed by atoms with E-state index in [2.05, 4.69) is 70.5 Å². The summed E-state index contributed by atoms with van der Waals surface area (Å²) in [6.45, 7) is 12.6. The number of hydrogen-bond donors (Lipinski definition) is 2. The molecule has 2 amide bonds. The van der Waals surface area contributed by atoms with Crippen molar-refractivity contribution in [2.75, 3.05) is 36.9 Å². The third-order valence-corrected chi connectivity index (χ3v) is 7.99. The largest absolute Gasteiger partial charge is 0.379 e. The minimum Gasteiger partial charge on any atom is -0.379 e. The van der Waals surface area contributed by atoms with Gasteiger partial charge < -0.3 is 15.4 Å². The number of fused-ring (bicyclic) bond motifs is 1. The fourth-order valence-electron chi connectivity index (χ4n) is 5.72. The van der Waals surface area contributed by atoms with Crippen molar-refractivity contribution in [1.82, 2.24) is 19.9 Å². The van der Waals surface area contributed by atoms with E-state index >= 15 is 0 Å². The number of benzene rings is 3. The molecule has 3 aromatic carbocycles. The summed E-state index contributed by atoms with van der Waals surface area (Å²) in [7, 11) is 0. The lowest BCUT2D eigenvalue weighted by Gasteiger charge is -2.26. The third-order valence-electron chi connectivity index (χ3n) is 7.99. The van der Waals surface area contributed by atoms with Gasteiger partial charge in [-0.05, 0) is 47.1 Å². The molecule has 44 heavy (non-hydrogen) atoms. The van der Waals surface area contributed by atoms with Crippen LogP contribution in [0.15, 0.2) is 85.3 Å². The van der Waals surface area contributed by atoms with Crippen LogP contribution in [-0.4, -0.2) is 52.2 Å². The van der Waals surface area contributed by atoms with Gasteiger partial charge in [0.25, 0.3) is 0 Å². The molecule has 6 rings (SSSR count). The average molecular weight is 587 g/mol. The Kier molecular flexibility index (Phi) is 8.37. The molecule has 0 spiro atoms. The van der Waals surface area contributed by atoms with E-state index in [1.165, 1.54) is 0 Å². The van der Waals surface area contributed by atoms with Gasteiger partial charge in [0.2, 0.25) is 0 Å². The molecule has 0 bridgehead atoms. The van der Waals surface area contributed by atoms with Gasteiger partial charge in [-0.3, -0.25) is 9.88 Å². The smallest absolute Gasteiger partial charge is 0.323 e. The van der Waals surface area contributed by atoms with Gasteiger partial charge in [0, 0.05) is 60.3 Å². The molecular formula is C36H38N6O2. The van der Waals surface area contributed by atoms with Crippen molar-refractivity contribution >= 4 is 28.2 Å². The van der Waals surface area contributed by atoms with Gasteiger partial charge in [-0.1, -0.05) is 69.3 Å². The molecule has 0 radical (unpaired) electrons. The Bertz CT molecular complexity index is 1770. The number of hydrogen-bond acceptors (Lipinski definition) is 6. The average Bonchev–Trinajstić information content (AvgIpc) is 3.02. The van der Waals surface area contributed by atoms with Crippen molar-refractivity contribution in [3.05, 3.63) is 102 Å². The number of rotatable bonds is 6. The van der Waals surface area contributed by atoms with E-state index in [1.807, 2.05) is 68.0 Å². The SMILES string of the molecule is Cc1ncc(-c2c(NC(=O)Nc3ccc(-c4ccc(CN5CCOCC5)nc4)c4ccccc34)cccc2C(C)(C)C)cn1. The maximum atomic E-state index is 13.5. The zero-order valence-electron chi connectivity index (χ0n) is 25.7. The number of aryl methyl sites for hydroxylation is 1. The zero-order chi connectivity index (χ0) is 30.7. The number of nitrogens with one attached hydrogen (secondary N) is 2. The number of ether oxygens (including phenoxy) is 1. The maximum absolute atomic E-state index is 13.5. The summed E-state index contributed by atoms with van der Waals surface area (Å²) < 4.78 is 5.47. The molecule has 2 N–H and O–H groups in total. The van der Waals surface area contributed by atoms with Gasteiger partial charge in [0.15, 0.2) is 0 Å². The van der Waals surface area contributed by atoms with Crippen molar-refractivity contribution < 1.29 is 9.53 Å². The first-order valence-corrected chi connectivity index (χ1v) is 15.0. The topological polar surface area (TPSA) is 92.3 Å². The second-order valence-electron chi connectivity index (χ2n) is 12.2. The molecule has 1 aliphatic heterocycles. The Labute approximate surface area is 258 Å². The van der Waals surface area contributed by atoms with Gasteiger partial charge in [-0.25, -0.2) is 14.8 Å². The number of urea groups is 1. The number of carbonyl (C=O) groups excluding carboxylic acids is 1. The molecule has 0 aliphatic carbocycles. The van der Waals surface area contributed by atoms with Crippen LogP contribution in [0.3, 0.4) is 0 Å². The molecule has 1 fully saturated rings. The predicted molar refractivity (Wildman–Crippen MR) is 177 cm³/mol. The lowest BCUT2D eigenvalue weighted by molar-refractivity contribution is 0.0336. The number of morpholine rings is 1. The molecule has 5 aromatic rings. The quantitative estimate of drug-likeness (QED) is 0.215. The summed E-state index contributed by atoms with van der Waals surface area (Å²) in [6, 6.07) is 22.0. The predicted octanol–water partition coefficient (Wildman–Crippen LogP) is 7.44. The highest BCUT2D eigenvalue weighted by molar-refractivity contribution is 6.10. The van der Waals surface area contributed by atoms with Gasteiger partial charge >= 0.3 is 6.03 Å². The molecule has 3 heterocycles. The van der Waals surface area contributed by atoms with Crippen LogP contribution in [0.1, 0.15) is 37.9 Å². The van der Waals surface area contributed by atoms with Gasteiger partial charge in [0.05, 0.1) is 30.3 Å². The lowest BCUT2D eigenvalue weighted by atomic mass is 9.81. The van der Waals surface area contributed by atoms with Gasteiger partial charge in [-0.15, -0.1) is 0 Å². The van der Waals surface area contributed by atoms with Crippen molar-refractivity contribution in [3.8, 4) is 22.3 Å². The van der Waals surface area contributed by atoms with E-state index in [0.29, 0.717) is 11.5 Å². The molecule has 1 saturated heterocycles. The van der Waals surface area contributed by atoms with E-state index in [1.54, 1.807) is 0 Å². The van der Waals surface area contributed by atoms with Crippen LogP contribution in [0.5, 0.6) is 0 Å². The summed E-state index contributed by atoms with van der Waals surface area (Å²) in [5, 5.41) is 8.20. The Morgan fingerprint density at radius 1 is 0.795 bits per heavy atom. The molecule has 8 heteroatoms. The second kappa shape index (κ2) is 12.5. The minimum atomic E-state index is -0.322. The van der Waals surface area contributed by atoms with E-state index in [0.717, 1.165) is 82.8 Å². The van der Waals surface area contributed by atoms with E-state index in [4.69, 9.17) is 9.72 Å².